The fourth-order valence-electron chi connectivity index (χ4n) is 3.14. The molecular weight excluding hydrogens is 318 g/mol. The average molecular weight is 342 g/mol. The maximum atomic E-state index is 5.85. The maximum absolute atomic E-state index is 5.85. The highest BCUT2D eigenvalue weighted by molar-refractivity contribution is 6.17. The van der Waals surface area contributed by atoms with Crippen molar-refractivity contribution in [3.05, 3.63) is 53.1 Å². The molecule has 0 saturated carbocycles. The number of imidazole rings is 1. The normalized spacial score (nSPS) is 11.3. The van der Waals surface area contributed by atoms with Crippen LogP contribution in [0.25, 0.3) is 16.7 Å². The molecule has 0 spiro atoms. The summed E-state index contributed by atoms with van der Waals surface area (Å²) in [5.41, 5.74) is 6.61. The molecule has 0 aliphatic carbocycles. The number of aromatic nitrogens is 3. The van der Waals surface area contributed by atoms with Gasteiger partial charge in [-0.25, -0.2) is 4.98 Å². The Hall–Kier alpha value is -1.87. The molecule has 0 aliphatic rings. The van der Waals surface area contributed by atoms with Crippen molar-refractivity contribution in [2.75, 3.05) is 5.88 Å². The highest BCUT2D eigenvalue weighted by Gasteiger charge is 2.15. The van der Waals surface area contributed by atoms with Crippen LogP contribution >= 0.6 is 11.6 Å². The highest BCUT2D eigenvalue weighted by Crippen LogP contribution is 2.25. The molecule has 1 aromatic carbocycles. The Morgan fingerprint density at radius 1 is 1.04 bits per heavy atom. The minimum absolute atomic E-state index is 0.652. The summed E-state index contributed by atoms with van der Waals surface area (Å²) in [6, 6.07) is 10.8. The fourth-order valence-corrected chi connectivity index (χ4v) is 3.36. The van der Waals surface area contributed by atoms with E-state index in [1.165, 1.54) is 5.56 Å². The van der Waals surface area contributed by atoms with Gasteiger partial charge in [0.25, 0.3) is 0 Å². The third-order valence-corrected chi connectivity index (χ3v) is 4.54. The van der Waals surface area contributed by atoms with Gasteiger partial charge in [0.2, 0.25) is 0 Å². The van der Waals surface area contributed by atoms with Gasteiger partial charge >= 0.3 is 0 Å². The molecule has 3 nitrogen and oxygen atoms in total. The Bertz CT molecular complexity index is 834. The van der Waals surface area contributed by atoms with Gasteiger partial charge < -0.3 is 0 Å². The van der Waals surface area contributed by atoms with E-state index in [9.17, 15) is 0 Å². The second-order valence-corrected chi connectivity index (χ2v) is 6.67. The molecule has 0 N–H and O–H groups in total. The molecule has 0 saturated heterocycles. The third-order valence-electron chi connectivity index (χ3n) is 4.35. The van der Waals surface area contributed by atoms with Crippen LogP contribution in [-0.2, 0) is 12.8 Å². The number of pyridine rings is 1. The van der Waals surface area contributed by atoms with Crippen LogP contribution in [0, 0.1) is 13.8 Å². The van der Waals surface area contributed by atoms with E-state index in [0.717, 1.165) is 59.6 Å². The fraction of sp³-hybridized carbons (Fsp3) is 0.400. The topological polar surface area (TPSA) is 30.7 Å². The molecule has 0 unspecified atom stereocenters. The second kappa shape index (κ2) is 7.35. The quantitative estimate of drug-likeness (QED) is 0.580. The Kier molecular flexibility index (Phi) is 5.20. The van der Waals surface area contributed by atoms with E-state index in [0.29, 0.717) is 5.88 Å². The first-order valence-corrected chi connectivity index (χ1v) is 9.18. The predicted molar refractivity (Wildman–Crippen MR) is 101 cm³/mol. The zero-order chi connectivity index (χ0) is 17.1. The number of halogens is 1. The van der Waals surface area contributed by atoms with E-state index in [1.807, 2.05) is 13.8 Å². The molecule has 0 atom stereocenters. The van der Waals surface area contributed by atoms with Crippen LogP contribution in [0.4, 0.5) is 0 Å². The van der Waals surface area contributed by atoms with Crippen molar-refractivity contribution in [1.82, 2.24) is 14.5 Å². The monoisotopic (exact) mass is 341 g/mol. The molecule has 24 heavy (non-hydrogen) atoms. The lowest BCUT2D eigenvalue weighted by Crippen LogP contribution is -2.02. The predicted octanol–water partition coefficient (Wildman–Crippen LogP) is 5.16. The minimum Gasteiger partial charge on any atom is -0.296 e. The number of benzene rings is 1. The zero-order valence-corrected chi connectivity index (χ0v) is 15.4. The summed E-state index contributed by atoms with van der Waals surface area (Å²) in [6.45, 7) is 6.30. The molecule has 0 amide bonds. The number of hydrogen-bond donors (Lipinski definition) is 0. The molecule has 3 rings (SSSR count). The van der Waals surface area contributed by atoms with Crippen LogP contribution in [0.2, 0.25) is 0 Å². The summed E-state index contributed by atoms with van der Waals surface area (Å²) < 4.78 is 2.29. The molecule has 2 heterocycles. The Morgan fingerprint density at radius 2 is 1.79 bits per heavy atom. The number of aryl methyl sites for hydroxylation is 4. The van der Waals surface area contributed by atoms with Crippen LogP contribution in [0.1, 0.15) is 42.5 Å². The van der Waals surface area contributed by atoms with Gasteiger partial charge in [-0.2, -0.15) is 0 Å². The lowest BCUT2D eigenvalue weighted by molar-refractivity contribution is 0.744. The number of unbranched alkanes of at least 4 members (excludes halogenated alkanes) is 1. The lowest BCUT2D eigenvalue weighted by atomic mass is 10.1. The van der Waals surface area contributed by atoms with Gasteiger partial charge in [0.15, 0.2) is 0 Å². The minimum atomic E-state index is 0.652. The maximum Gasteiger partial charge on any atom is 0.114 e. The van der Waals surface area contributed by atoms with Gasteiger partial charge in [0.1, 0.15) is 11.3 Å². The first-order valence-electron chi connectivity index (χ1n) is 8.65. The van der Waals surface area contributed by atoms with E-state index in [1.54, 1.807) is 0 Å². The number of fused-ring (bicyclic) bond motifs is 1. The lowest BCUT2D eigenvalue weighted by Gasteiger charge is -2.10. The van der Waals surface area contributed by atoms with E-state index < -0.39 is 0 Å². The summed E-state index contributed by atoms with van der Waals surface area (Å²) in [4.78, 5) is 9.48. The largest absolute Gasteiger partial charge is 0.296 e. The molecule has 2 aromatic heterocycles. The number of rotatable bonds is 6. The standard InChI is InChI=1S/C20H24ClN3/c1-4-5-6-19-23-20-15(3)22-14(2)13-18(20)24(19)17-9-7-16(8-10-17)11-12-21/h7-10,13H,4-6,11-12H2,1-3H3. The molecule has 4 heteroatoms. The van der Waals surface area contributed by atoms with Gasteiger partial charge in [-0.05, 0) is 50.5 Å². The average Bonchev–Trinajstić information content (AvgIpc) is 2.92. The number of hydrogen-bond acceptors (Lipinski definition) is 2. The van der Waals surface area contributed by atoms with Crippen molar-refractivity contribution in [2.45, 2.75) is 46.5 Å². The van der Waals surface area contributed by atoms with Crippen LogP contribution in [-0.4, -0.2) is 20.4 Å². The van der Waals surface area contributed by atoms with Gasteiger partial charge in [-0.15, -0.1) is 11.6 Å². The Balaban J connectivity index is 2.15. The zero-order valence-electron chi connectivity index (χ0n) is 14.6. The van der Waals surface area contributed by atoms with Crippen LogP contribution in [0.3, 0.4) is 0 Å². The van der Waals surface area contributed by atoms with E-state index >= 15 is 0 Å². The van der Waals surface area contributed by atoms with Gasteiger partial charge in [-0.3, -0.25) is 9.55 Å². The summed E-state index contributed by atoms with van der Waals surface area (Å²) >= 11 is 5.85. The molecule has 0 aliphatic heterocycles. The molecule has 0 bridgehead atoms. The second-order valence-electron chi connectivity index (χ2n) is 6.29. The van der Waals surface area contributed by atoms with Gasteiger partial charge in [-0.1, -0.05) is 25.5 Å². The first-order chi connectivity index (χ1) is 11.6. The summed E-state index contributed by atoms with van der Waals surface area (Å²) in [6.07, 6.45) is 4.18. The SMILES string of the molecule is CCCCc1nc2c(C)nc(C)cc2n1-c1ccc(CCCl)cc1. The van der Waals surface area contributed by atoms with E-state index in [2.05, 4.69) is 46.8 Å². The number of alkyl halides is 1. The van der Waals surface area contributed by atoms with Crippen molar-refractivity contribution in [2.24, 2.45) is 0 Å². The summed E-state index contributed by atoms with van der Waals surface area (Å²) in [7, 11) is 0. The van der Waals surface area contributed by atoms with Crippen molar-refractivity contribution in [3.8, 4) is 5.69 Å². The molecule has 3 aromatic rings. The van der Waals surface area contributed by atoms with Gasteiger partial charge in [0, 0.05) is 23.7 Å². The van der Waals surface area contributed by atoms with E-state index in [4.69, 9.17) is 16.6 Å². The van der Waals surface area contributed by atoms with Crippen LogP contribution in [0.15, 0.2) is 30.3 Å². The molecule has 126 valence electrons. The van der Waals surface area contributed by atoms with Crippen LogP contribution in [0.5, 0.6) is 0 Å². The first kappa shape index (κ1) is 17.0. The third kappa shape index (κ3) is 3.32. The van der Waals surface area contributed by atoms with E-state index in [-0.39, 0.29) is 0 Å². The molecule has 0 radical (unpaired) electrons. The molecular formula is C20H24ClN3. The summed E-state index contributed by atoms with van der Waals surface area (Å²) in [5.74, 6) is 1.77. The highest BCUT2D eigenvalue weighted by atomic mass is 35.5. The van der Waals surface area contributed by atoms with Crippen molar-refractivity contribution < 1.29 is 0 Å². The van der Waals surface area contributed by atoms with Crippen molar-refractivity contribution in [3.63, 3.8) is 0 Å². The Morgan fingerprint density at radius 3 is 2.46 bits per heavy atom. The summed E-state index contributed by atoms with van der Waals surface area (Å²) in [5, 5.41) is 0. The van der Waals surface area contributed by atoms with Crippen LogP contribution < -0.4 is 0 Å². The van der Waals surface area contributed by atoms with Gasteiger partial charge in [0.05, 0.1) is 11.2 Å². The smallest absolute Gasteiger partial charge is 0.114 e. The number of nitrogens with zero attached hydrogens (tertiary/aromatic N) is 3. The molecule has 0 fully saturated rings. The van der Waals surface area contributed by atoms with Crippen molar-refractivity contribution >= 4 is 22.6 Å². The Labute approximate surface area is 148 Å². The van der Waals surface area contributed by atoms with Crippen molar-refractivity contribution in [1.29, 1.82) is 0 Å².